The van der Waals surface area contributed by atoms with Gasteiger partial charge in [-0.2, -0.15) is 0 Å². The second kappa shape index (κ2) is 8.88. The molecule has 9 heteroatoms. The summed E-state index contributed by atoms with van der Waals surface area (Å²) in [6.45, 7) is 0.390. The zero-order valence-corrected chi connectivity index (χ0v) is 19.9. The van der Waals surface area contributed by atoms with Gasteiger partial charge in [0.2, 0.25) is 0 Å². The second-order valence-corrected chi connectivity index (χ2v) is 9.49. The summed E-state index contributed by atoms with van der Waals surface area (Å²) in [6.07, 6.45) is 0. The van der Waals surface area contributed by atoms with E-state index in [9.17, 15) is 18.4 Å². The quantitative estimate of drug-likeness (QED) is 0.518. The Balaban J connectivity index is 1.60. The number of rotatable bonds is 5. The molecule has 0 unspecified atom stereocenters. The van der Waals surface area contributed by atoms with E-state index in [4.69, 9.17) is 9.47 Å². The first kappa shape index (κ1) is 23.2. The summed E-state index contributed by atoms with van der Waals surface area (Å²) >= 11 is 1.38. The molecular weight excluding hydrogens is 474 g/mol. The molecule has 1 atom stereocenters. The number of carbonyl (C=O) groups excluding carboxylic acids is 2. The highest BCUT2D eigenvalue weighted by atomic mass is 32.2. The number of halogens is 2. The Kier molecular flexibility index (Phi) is 5.88. The molecule has 180 valence electrons. The number of fused-ring (bicyclic) bond motifs is 2. The Labute approximate surface area is 205 Å². The molecular formula is C26H22F2N2O4S. The number of anilines is 1. The average Bonchev–Trinajstić information content (AvgIpc) is 3.42. The lowest BCUT2D eigenvalue weighted by atomic mass is 10.0. The Morgan fingerprint density at radius 1 is 1.00 bits per heavy atom. The lowest BCUT2D eigenvalue weighted by molar-refractivity contribution is -0.123. The summed E-state index contributed by atoms with van der Waals surface area (Å²) in [5.41, 5.74) is 2.06. The smallest absolute Gasteiger partial charge is 0.268 e. The van der Waals surface area contributed by atoms with Crippen LogP contribution < -0.4 is 14.4 Å². The molecule has 0 saturated carbocycles. The van der Waals surface area contributed by atoms with Crippen LogP contribution in [0.3, 0.4) is 0 Å². The van der Waals surface area contributed by atoms with Crippen molar-refractivity contribution in [3.63, 3.8) is 0 Å². The van der Waals surface area contributed by atoms with Crippen molar-refractivity contribution < 1.29 is 27.8 Å². The van der Waals surface area contributed by atoms with E-state index in [1.807, 2.05) is 0 Å². The van der Waals surface area contributed by atoms with Crippen LogP contribution in [0.2, 0.25) is 0 Å². The Morgan fingerprint density at radius 2 is 1.77 bits per heavy atom. The molecule has 2 aliphatic heterocycles. The van der Waals surface area contributed by atoms with Crippen molar-refractivity contribution in [3.05, 3.63) is 89.0 Å². The summed E-state index contributed by atoms with van der Waals surface area (Å²) in [4.78, 5) is 29.6. The summed E-state index contributed by atoms with van der Waals surface area (Å²) in [7, 11) is 3.06. The van der Waals surface area contributed by atoms with Crippen molar-refractivity contribution in [3.8, 4) is 11.5 Å². The van der Waals surface area contributed by atoms with Gasteiger partial charge in [0.05, 0.1) is 26.5 Å². The number of thioether (sulfide) groups is 1. The fourth-order valence-electron chi connectivity index (χ4n) is 4.61. The number of nitrogens with zero attached hydrogens (tertiary/aromatic N) is 2. The third-order valence-corrected chi connectivity index (χ3v) is 7.71. The van der Waals surface area contributed by atoms with Crippen LogP contribution in [0, 0.1) is 11.6 Å². The van der Waals surface area contributed by atoms with Gasteiger partial charge in [-0.25, -0.2) is 8.78 Å². The van der Waals surface area contributed by atoms with Crippen molar-refractivity contribution in [1.29, 1.82) is 0 Å². The zero-order chi connectivity index (χ0) is 24.7. The van der Waals surface area contributed by atoms with Gasteiger partial charge in [0.25, 0.3) is 11.8 Å². The van der Waals surface area contributed by atoms with E-state index in [0.717, 1.165) is 12.1 Å². The molecule has 1 saturated heterocycles. The van der Waals surface area contributed by atoms with Gasteiger partial charge in [0, 0.05) is 23.4 Å². The number of amides is 2. The monoisotopic (exact) mass is 496 g/mol. The highest BCUT2D eigenvalue weighted by Crippen LogP contribution is 2.55. The number of carbonyl (C=O) groups is 2. The number of hydrogen-bond acceptors (Lipinski definition) is 5. The molecule has 35 heavy (non-hydrogen) atoms. The highest BCUT2D eigenvalue weighted by Gasteiger charge is 2.59. The second-order valence-electron chi connectivity index (χ2n) is 8.20. The van der Waals surface area contributed by atoms with E-state index in [0.29, 0.717) is 46.2 Å². The third-order valence-electron chi connectivity index (χ3n) is 6.29. The number of hydrogen-bond donors (Lipinski definition) is 0. The maximum absolute atomic E-state index is 14.1. The average molecular weight is 497 g/mol. The van der Waals surface area contributed by atoms with Gasteiger partial charge in [-0.1, -0.05) is 12.1 Å². The van der Waals surface area contributed by atoms with Gasteiger partial charge in [0.1, 0.15) is 11.5 Å². The third kappa shape index (κ3) is 3.70. The van der Waals surface area contributed by atoms with E-state index in [1.165, 1.54) is 36.9 Å². The Hall–Kier alpha value is -3.59. The van der Waals surface area contributed by atoms with Gasteiger partial charge in [0.15, 0.2) is 16.5 Å². The van der Waals surface area contributed by atoms with E-state index in [-0.39, 0.29) is 18.4 Å². The van der Waals surface area contributed by atoms with Crippen LogP contribution in [0.1, 0.15) is 21.5 Å². The maximum atomic E-state index is 14.1. The maximum Gasteiger partial charge on any atom is 0.268 e. The fraction of sp³-hybridized carbons (Fsp3) is 0.231. The molecule has 0 radical (unpaired) electrons. The molecule has 2 amide bonds. The molecule has 0 aromatic heterocycles. The Morgan fingerprint density at radius 3 is 2.51 bits per heavy atom. The minimum atomic E-state index is -1.30. The molecule has 5 rings (SSSR count). The molecule has 2 heterocycles. The van der Waals surface area contributed by atoms with Crippen molar-refractivity contribution in [2.45, 2.75) is 11.4 Å². The zero-order valence-electron chi connectivity index (χ0n) is 19.1. The van der Waals surface area contributed by atoms with Gasteiger partial charge in [-0.15, -0.1) is 11.8 Å². The first-order chi connectivity index (χ1) is 16.9. The Bertz CT molecular complexity index is 1330. The lowest BCUT2D eigenvalue weighted by Crippen LogP contribution is -2.50. The molecule has 3 aromatic rings. The van der Waals surface area contributed by atoms with Crippen LogP contribution >= 0.6 is 11.8 Å². The molecule has 0 N–H and O–H groups in total. The van der Waals surface area contributed by atoms with Crippen LogP contribution in [0.15, 0.2) is 60.7 Å². The molecule has 6 nitrogen and oxygen atoms in total. The van der Waals surface area contributed by atoms with Crippen molar-refractivity contribution >= 4 is 29.3 Å². The van der Waals surface area contributed by atoms with Crippen LogP contribution in [0.5, 0.6) is 11.5 Å². The fourth-order valence-corrected chi connectivity index (χ4v) is 6.06. The normalized spacial score (nSPS) is 18.8. The minimum absolute atomic E-state index is 0.0266. The van der Waals surface area contributed by atoms with E-state index >= 15 is 0 Å². The standard InChI is InChI=1S/C26H22F2N2O4S/c1-33-18-5-3-4-17(13-18)24(31)30-10-11-35-26(30)20-14-19(34-2)7-9-23(20)29(25(26)32)15-16-6-8-21(27)22(28)12-16/h3-9,12-14H,10-11,15H2,1-2H3/t26-/m1/s1. The largest absolute Gasteiger partial charge is 0.497 e. The van der Waals surface area contributed by atoms with Crippen molar-refractivity contribution in [2.75, 3.05) is 31.4 Å². The summed E-state index contributed by atoms with van der Waals surface area (Å²) in [5, 5.41) is 0. The predicted octanol–water partition coefficient (Wildman–Crippen LogP) is 4.57. The van der Waals surface area contributed by atoms with Gasteiger partial charge < -0.3 is 19.3 Å². The number of methoxy groups -OCH3 is 2. The first-order valence-corrected chi connectivity index (χ1v) is 11.9. The topological polar surface area (TPSA) is 59.1 Å². The SMILES string of the molecule is COc1cccc(C(=O)N2CCS[C@]23C(=O)N(Cc2ccc(F)c(F)c2)c2ccc(OC)cc23)c1. The van der Waals surface area contributed by atoms with Crippen LogP contribution in [-0.2, 0) is 16.2 Å². The van der Waals surface area contributed by atoms with Crippen LogP contribution in [0.4, 0.5) is 14.5 Å². The predicted molar refractivity (Wildman–Crippen MR) is 129 cm³/mol. The van der Waals surface area contributed by atoms with E-state index < -0.39 is 16.5 Å². The van der Waals surface area contributed by atoms with Gasteiger partial charge in [-0.05, 0) is 54.1 Å². The number of benzene rings is 3. The highest BCUT2D eigenvalue weighted by molar-refractivity contribution is 8.01. The molecule has 0 bridgehead atoms. The van der Waals surface area contributed by atoms with E-state index in [1.54, 1.807) is 47.4 Å². The molecule has 1 spiro atoms. The van der Waals surface area contributed by atoms with Crippen molar-refractivity contribution in [2.24, 2.45) is 0 Å². The summed E-state index contributed by atoms with van der Waals surface area (Å²) < 4.78 is 38.1. The van der Waals surface area contributed by atoms with Crippen LogP contribution in [0.25, 0.3) is 0 Å². The van der Waals surface area contributed by atoms with Gasteiger partial charge in [-0.3, -0.25) is 9.59 Å². The lowest BCUT2D eigenvalue weighted by Gasteiger charge is -2.33. The number of ether oxygens (including phenoxy) is 2. The van der Waals surface area contributed by atoms with Crippen molar-refractivity contribution in [1.82, 2.24) is 4.90 Å². The van der Waals surface area contributed by atoms with Crippen LogP contribution in [-0.4, -0.2) is 43.2 Å². The molecule has 2 aliphatic rings. The summed E-state index contributed by atoms with van der Waals surface area (Å²) in [5.74, 6) is -0.913. The van der Waals surface area contributed by atoms with Gasteiger partial charge >= 0.3 is 0 Å². The van der Waals surface area contributed by atoms with E-state index in [2.05, 4.69) is 0 Å². The first-order valence-electron chi connectivity index (χ1n) is 10.9. The molecule has 3 aromatic carbocycles. The molecule has 1 fully saturated rings. The minimum Gasteiger partial charge on any atom is -0.497 e. The summed E-state index contributed by atoms with van der Waals surface area (Å²) in [6, 6.07) is 15.6. The molecule has 0 aliphatic carbocycles.